The highest BCUT2D eigenvalue weighted by atomic mass is 16.5. The summed E-state index contributed by atoms with van der Waals surface area (Å²) >= 11 is 0. The van der Waals surface area contributed by atoms with Gasteiger partial charge < -0.3 is 21.1 Å². The van der Waals surface area contributed by atoms with Crippen LogP contribution >= 0.6 is 0 Å². The predicted octanol–water partition coefficient (Wildman–Crippen LogP) is 2.30. The maximum Gasteiger partial charge on any atom is 0.130 e. The molecule has 2 heterocycles. The van der Waals surface area contributed by atoms with Crippen LogP contribution in [0, 0.1) is 16.7 Å². The highest BCUT2D eigenvalue weighted by molar-refractivity contribution is 5.67. The molecule has 0 radical (unpaired) electrons. The number of nitrogens with two attached hydrogens (primary N) is 2. The minimum Gasteiger partial charge on any atom is -0.390 e. The zero-order valence-corrected chi connectivity index (χ0v) is 19.2. The standard InChI is InChI=1S/C24H37N7O/c1-16(30-11-17(2)32-18(3)12-30)9-22(29-14-25)24(28)20-6-4-5-19(10-20)21-7-8-23(27)31(13-21)15-26/h7-8,10,13-15,17-18,20,22,24,26-27H,1,4-6,9,11-12,28H2,2-3H3,(H2,25,29). The lowest BCUT2D eigenvalue weighted by molar-refractivity contribution is -0.0587. The molecule has 1 fully saturated rings. The first-order valence-corrected chi connectivity index (χ1v) is 11.4. The normalized spacial score (nSPS) is 25.9. The molecule has 5 unspecified atom stereocenters. The quantitative estimate of drug-likeness (QED) is 0.366. The Morgan fingerprint density at radius 2 is 2.06 bits per heavy atom. The van der Waals surface area contributed by atoms with Crippen molar-refractivity contribution in [1.82, 2.24) is 9.47 Å². The Morgan fingerprint density at radius 3 is 2.72 bits per heavy atom. The number of rotatable bonds is 8. The van der Waals surface area contributed by atoms with Crippen LogP contribution in [0.4, 0.5) is 0 Å². The molecule has 0 saturated carbocycles. The summed E-state index contributed by atoms with van der Waals surface area (Å²) in [6.07, 6.45) is 10.6. The third-order valence-electron chi connectivity index (χ3n) is 6.41. The highest BCUT2D eigenvalue weighted by Crippen LogP contribution is 2.33. The third-order valence-corrected chi connectivity index (χ3v) is 6.41. The lowest BCUT2D eigenvalue weighted by Crippen LogP contribution is -2.46. The maximum atomic E-state index is 7.89. The monoisotopic (exact) mass is 439 g/mol. The number of allylic oxidation sites excluding steroid dienone is 1. The first-order chi connectivity index (χ1) is 15.3. The number of nitrogens with one attached hydrogen (secondary N) is 2. The summed E-state index contributed by atoms with van der Waals surface area (Å²) in [5.74, 6) is 0.173. The second kappa shape index (κ2) is 10.7. The highest BCUT2D eigenvalue weighted by Gasteiger charge is 2.30. The van der Waals surface area contributed by atoms with E-state index in [9.17, 15) is 0 Å². The van der Waals surface area contributed by atoms with Crippen LogP contribution in [-0.2, 0) is 4.74 Å². The van der Waals surface area contributed by atoms with E-state index in [4.69, 9.17) is 27.0 Å². The molecule has 2 aliphatic rings. The first kappa shape index (κ1) is 23.9. The predicted molar refractivity (Wildman–Crippen MR) is 130 cm³/mol. The summed E-state index contributed by atoms with van der Waals surface area (Å²) in [7, 11) is 0. The van der Waals surface area contributed by atoms with E-state index in [0.717, 1.165) is 50.0 Å². The fourth-order valence-corrected chi connectivity index (χ4v) is 4.80. The largest absolute Gasteiger partial charge is 0.390 e. The van der Waals surface area contributed by atoms with Gasteiger partial charge in [0.25, 0.3) is 0 Å². The molecule has 1 aromatic rings. The molecule has 6 N–H and O–H groups in total. The maximum absolute atomic E-state index is 7.89. The average molecular weight is 440 g/mol. The van der Waals surface area contributed by atoms with Crippen LogP contribution in [0.15, 0.2) is 41.7 Å². The average Bonchev–Trinajstić information content (AvgIpc) is 2.78. The van der Waals surface area contributed by atoms with Crippen molar-refractivity contribution in [1.29, 1.82) is 10.8 Å². The van der Waals surface area contributed by atoms with Crippen LogP contribution < -0.4 is 17.0 Å². The van der Waals surface area contributed by atoms with E-state index in [-0.39, 0.29) is 35.7 Å². The molecule has 1 saturated heterocycles. The van der Waals surface area contributed by atoms with Gasteiger partial charge in [0, 0.05) is 37.4 Å². The lowest BCUT2D eigenvalue weighted by Gasteiger charge is -2.39. The minimum atomic E-state index is -0.178. The molecular formula is C24H37N7O. The number of ether oxygens (including phenoxy) is 1. The molecular weight excluding hydrogens is 402 g/mol. The van der Waals surface area contributed by atoms with Gasteiger partial charge in [-0.05, 0) is 62.3 Å². The van der Waals surface area contributed by atoms with Crippen LogP contribution in [0.5, 0.6) is 0 Å². The zero-order chi connectivity index (χ0) is 23.3. The van der Waals surface area contributed by atoms with Crippen LogP contribution in [0.3, 0.4) is 0 Å². The van der Waals surface area contributed by atoms with Gasteiger partial charge in [0.15, 0.2) is 0 Å². The second-order valence-electron chi connectivity index (χ2n) is 8.96. The van der Waals surface area contributed by atoms with Crippen molar-refractivity contribution < 1.29 is 4.74 Å². The summed E-state index contributed by atoms with van der Waals surface area (Å²) in [4.78, 5) is 6.81. The molecule has 8 heteroatoms. The van der Waals surface area contributed by atoms with Gasteiger partial charge in [-0.3, -0.25) is 20.4 Å². The van der Waals surface area contributed by atoms with Crippen molar-refractivity contribution in [2.24, 2.45) is 22.4 Å². The zero-order valence-electron chi connectivity index (χ0n) is 19.2. The van der Waals surface area contributed by atoms with E-state index in [1.54, 1.807) is 6.07 Å². The molecule has 5 atom stereocenters. The fourth-order valence-electron chi connectivity index (χ4n) is 4.80. The van der Waals surface area contributed by atoms with Gasteiger partial charge in [0.1, 0.15) is 5.49 Å². The molecule has 174 valence electrons. The SMILES string of the molecule is C=C(CC(N=CN)C(N)C1C=C(c2ccc(=N)n(C=N)c2)CCC1)N1CC(C)OC(C)C1. The van der Waals surface area contributed by atoms with Crippen LogP contribution in [0.25, 0.3) is 5.57 Å². The number of hydrogen-bond donors (Lipinski definition) is 4. The molecule has 0 aromatic carbocycles. The Hall–Kier alpha value is -2.71. The van der Waals surface area contributed by atoms with Crippen molar-refractivity contribution in [3.8, 4) is 0 Å². The van der Waals surface area contributed by atoms with Gasteiger partial charge in [0.2, 0.25) is 0 Å². The van der Waals surface area contributed by atoms with Gasteiger partial charge in [0.05, 0.1) is 30.9 Å². The first-order valence-electron chi connectivity index (χ1n) is 11.4. The molecule has 0 spiro atoms. The fraction of sp³-hybridized carbons (Fsp3) is 0.542. The Labute approximate surface area is 190 Å². The number of pyridine rings is 1. The molecule has 1 aliphatic carbocycles. The van der Waals surface area contributed by atoms with Crippen molar-refractivity contribution >= 4 is 18.3 Å². The summed E-state index contributed by atoms with van der Waals surface area (Å²) in [5, 5.41) is 15.4. The molecule has 3 rings (SSSR count). The van der Waals surface area contributed by atoms with E-state index >= 15 is 0 Å². The van der Waals surface area contributed by atoms with Crippen molar-refractivity contribution in [2.45, 2.75) is 63.8 Å². The summed E-state index contributed by atoms with van der Waals surface area (Å²) in [6, 6.07) is 3.34. The van der Waals surface area contributed by atoms with Gasteiger partial charge in [-0.1, -0.05) is 12.7 Å². The lowest BCUT2D eigenvalue weighted by atomic mass is 9.80. The van der Waals surface area contributed by atoms with E-state index in [2.05, 4.69) is 36.4 Å². The molecule has 0 amide bonds. The van der Waals surface area contributed by atoms with E-state index in [1.165, 1.54) is 16.5 Å². The summed E-state index contributed by atoms with van der Waals surface area (Å²) in [6.45, 7) is 10.1. The Morgan fingerprint density at radius 1 is 1.34 bits per heavy atom. The molecule has 1 aromatic heterocycles. The van der Waals surface area contributed by atoms with Gasteiger partial charge >= 0.3 is 0 Å². The molecule has 32 heavy (non-hydrogen) atoms. The summed E-state index contributed by atoms with van der Waals surface area (Å²) in [5.41, 5.74) is 16.0. The van der Waals surface area contributed by atoms with Crippen LogP contribution in [0.2, 0.25) is 0 Å². The number of aromatic nitrogens is 1. The second-order valence-corrected chi connectivity index (χ2v) is 8.96. The van der Waals surface area contributed by atoms with Gasteiger partial charge in [-0.25, -0.2) is 0 Å². The summed E-state index contributed by atoms with van der Waals surface area (Å²) < 4.78 is 7.36. The van der Waals surface area contributed by atoms with E-state index < -0.39 is 0 Å². The minimum absolute atomic E-state index is 0.149. The van der Waals surface area contributed by atoms with Crippen LogP contribution in [-0.4, -0.2) is 59.5 Å². The van der Waals surface area contributed by atoms with E-state index in [1.807, 2.05) is 12.3 Å². The smallest absolute Gasteiger partial charge is 0.130 e. The number of hydrogen-bond acceptors (Lipinski definition) is 6. The van der Waals surface area contributed by atoms with Gasteiger partial charge in [-0.15, -0.1) is 0 Å². The Balaban J connectivity index is 1.75. The number of aliphatic imine (C=N–C) groups is 1. The molecule has 0 bridgehead atoms. The van der Waals surface area contributed by atoms with Crippen LogP contribution in [0.1, 0.15) is 45.1 Å². The number of morpholine rings is 1. The van der Waals surface area contributed by atoms with Crippen molar-refractivity contribution in [3.63, 3.8) is 0 Å². The Bertz CT molecular complexity index is 925. The molecule has 1 aliphatic heterocycles. The van der Waals surface area contributed by atoms with E-state index in [0.29, 0.717) is 6.42 Å². The third kappa shape index (κ3) is 5.75. The molecule has 8 nitrogen and oxygen atoms in total. The van der Waals surface area contributed by atoms with Crippen molar-refractivity contribution in [2.75, 3.05) is 13.1 Å². The Kier molecular flexibility index (Phi) is 8.04. The topological polar surface area (TPSA) is 130 Å². The van der Waals surface area contributed by atoms with Gasteiger partial charge in [-0.2, -0.15) is 0 Å². The van der Waals surface area contributed by atoms with Crippen molar-refractivity contribution in [3.05, 3.63) is 47.7 Å². The number of nitrogens with zero attached hydrogens (tertiary/aromatic N) is 3.